The van der Waals surface area contributed by atoms with Gasteiger partial charge in [-0.2, -0.15) is 4.31 Å². The van der Waals surface area contributed by atoms with Crippen LogP contribution in [0.5, 0.6) is 0 Å². The molecule has 0 spiro atoms. The molecule has 1 amide bonds. The lowest BCUT2D eigenvalue weighted by Crippen LogP contribution is -2.48. The summed E-state index contributed by atoms with van der Waals surface area (Å²) in [6.45, 7) is 2.89. The number of fused-ring (bicyclic) bond motifs is 1. The van der Waals surface area contributed by atoms with Crippen LogP contribution in [0.4, 0.5) is 5.69 Å². The number of amides is 1. The van der Waals surface area contributed by atoms with Gasteiger partial charge in [-0.1, -0.05) is 24.3 Å². The van der Waals surface area contributed by atoms with Gasteiger partial charge in [0.1, 0.15) is 0 Å². The van der Waals surface area contributed by atoms with E-state index >= 15 is 0 Å². The van der Waals surface area contributed by atoms with Crippen LogP contribution < -0.4 is 5.32 Å². The lowest BCUT2D eigenvalue weighted by Gasteiger charge is -2.41. The Morgan fingerprint density at radius 2 is 1.79 bits per heavy atom. The van der Waals surface area contributed by atoms with Crippen LogP contribution in [0.1, 0.15) is 36.9 Å². The van der Waals surface area contributed by atoms with E-state index < -0.39 is 10.0 Å². The van der Waals surface area contributed by atoms with Crippen LogP contribution in [0.25, 0.3) is 0 Å². The molecular formula is C22H27N3O3S. The topological polar surface area (TPSA) is 69.7 Å². The van der Waals surface area contributed by atoms with E-state index in [4.69, 9.17) is 0 Å². The molecule has 2 heterocycles. The van der Waals surface area contributed by atoms with Crippen LogP contribution in [0.3, 0.4) is 0 Å². The Kier molecular flexibility index (Phi) is 5.46. The van der Waals surface area contributed by atoms with E-state index in [0.29, 0.717) is 18.7 Å². The smallest absolute Gasteiger partial charge is 0.243 e. The number of carbonyl (C=O) groups excluding carboxylic acids is 1. The Hall–Kier alpha value is -2.22. The zero-order valence-electron chi connectivity index (χ0n) is 16.8. The summed E-state index contributed by atoms with van der Waals surface area (Å²) < 4.78 is 28.9. The molecule has 0 aliphatic carbocycles. The second-order valence-corrected chi connectivity index (χ2v) is 9.80. The zero-order valence-corrected chi connectivity index (χ0v) is 17.7. The summed E-state index contributed by atoms with van der Waals surface area (Å²) in [7, 11) is -1.58. The van der Waals surface area contributed by atoms with Crippen LogP contribution in [-0.2, 0) is 21.2 Å². The molecule has 2 aromatic carbocycles. The Balaban J connectivity index is 1.72. The van der Waals surface area contributed by atoms with Crippen molar-refractivity contribution in [2.24, 2.45) is 0 Å². The number of sulfonamides is 1. The highest BCUT2D eigenvalue weighted by molar-refractivity contribution is 7.89. The van der Waals surface area contributed by atoms with Gasteiger partial charge in [0, 0.05) is 25.2 Å². The summed E-state index contributed by atoms with van der Waals surface area (Å²) in [5.74, 6) is -0.183. The average Bonchev–Trinajstić information content (AvgIpc) is 3.12. The van der Waals surface area contributed by atoms with Gasteiger partial charge in [0.05, 0.1) is 10.9 Å². The molecule has 29 heavy (non-hydrogen) atoms. The minimum Gasteiger partial charge on any atom is -0.326 e. The van der Waals surface area contributed by atoms with E-state index in [-0.39, 0.29) is 22.9 Å². The van der Waals surface area contributed by atoms with E-state index in [2.05, 4.69) is 29.4 Å². The zero-order chi connectivity index (χ0) is 20.6. The first-order valence-electron chi connectivity index (χ1n) is 10.1. The number of hydrogen-bond donors (Lipinski definition) is 1. The number of likely N-dealkylation sites (N-methyl/N-ethyl adjacent to an activating group) is 1. The van der Waals surface area contributed by atoms with Crippen molar-refractivity contribution in [3.63, 3.8) is 0 Å². The lowest BCUT2D eigenvalue weighted by molar-refractivity contribution is -0.114. The van der Waals surface area contributed by atoms with Crippen LogP contribution >= 0.6 is 0 Å². The molecule has 0 radical (unpaired) electrons. The van der Waals surface area contributed by atoms with Crippen molar-refractivity contribution < 1.29 is 13.2 Å². The number of anilines is 1. The minimum absolute atomic E-state index is 0.171. The third-order valence-electron chi connectivity index (χ3n) is 6.01. The molecule has 0 saturated carbocycles. The molecule has 1 N–H and O–H groups in total. The molecule has 0 aromatic heterocycles. The maximum absolute atomic E-state index is 13.6. The van der Waals surface area contributed by atoms with E-state index in [0.717, 1.165) is 24.9 Å². The second kappa shape index (κ2) is 7.89. The lowest BCUT2D eigenvalue weighted by atomic mass is 9.89. The van der Waals surface area contributed by atoms with Gasteiger partial charge in [-0.3, -0.25) is 4.79 Å². The summed E-state index contributed by atoms with van der Waals surface area (Å²) in [5.41, 5.74) is 2.95. The normalized spacial score (nSPS) is 23.0. The Morgan fingerprint density at radius 3 is 2.45 bits per heavy atom. The quantitative estimate of drug-likeness (QED) is 0.837. The van der Waals surface area contributed by atoms with Crippen molar-refractivity contribution in [3.05, 3.63) is 59.7 Å². The molecule has 154 valence electrons. The van der Waals surface area contributed by atoms with Gasteiger partial charge in [-0.15, -0.1) is 0 Å². The highest BCUT2D eigenvalue weighted by atomic mass is 32.2. The predicted octanol–water partition coefficient (Wildman–Crippen LogP) is 3.03. The first-order chi connectivity index (χ1) is 13.9. The van der Waals surface area contributed by atoms with E-state index in [1.54, 1.807) is 28.6 Å². The van der Waals surface area contributed by atoms with Gasteiger partial charge in [-0.25, -0.2) is 8.42 Å². The molecule has 2 aromatic rings. The molecule has 4 rings (SSSR count). The molecule has 2 atom stereocenters. The molecule has 2 aliphatic rings. The van der Waals surface area contributed by atoms with Crippen molar-refractivity contribution in [1.82, 2.24) is 9.21 Å². The minimum atomic E-state index is -3.67. The number of nitrogens with zero attached hydrogens (tertiary/aromatic N) is 2. The van der Waals surface area contributed by atoms with Gasteiger partial charge in [0.25, 0.3) is 0 Å². The summed E-state index contributed by atoms with van der Waals surface area (Å²) in [6.07, 6.45) is 2.79. The first-order valence-corrected chi connectivity index (χ1v) is 11.5. The second-order valence-electron chi connectivity index (χ2n) is 7.91. The number of benzene rings is 2. The van der Waals surface area contributed by atoms with Crippen LogP contribution in [0, 0.1) is 0 Å². The van der Waals surface area contributed by atoms with Crippen LogP contribution in [-0.4, -0.2) is 49.7 Å². The highest BCUT2D eigenvalue weighted by Crippen LogP contribution is 2.40. The number of carbonyl (C=O) groups is 1. The highest BCUT2D eigenvalue weighted by Gasteiger charge is 2.43. The Bertz CT molecular complexity index is 1000. The van der Waals surface area contributed by atoms with Gasteiger partial charge in [0.2, 0.25) is 15.9 Å². The van der Waals surface area contributed by atoms with Gasteiger partial charge >= 0.3 is 0 Å². The molecule has 6 nitrogen and oxygen atoms in total. The maximum atomic E-state index is 13.6. The third kappa shape index (κ3) is 3.82. The summed E-state index contributed by atoms with van der Waals surface area (Å²) >= 11 is 0. The fraction of sp³-hybridized carbons (Fsp3) is 0.409. The summed E-state index contributed by atoms with van der Waals surface area (Å²) in [6, 6.07) is 14.6. The molecule has 2 unspecified atom stereocenters. The van der Waals surface area contributed by atoms with Crippen molar-refractivity contribution in [2.45, 2.75) is 43.2 Å². The van der Waals surface area contributed by atoms with Crippen molar-refractivity contribution in [3.8, 4) is 0 Å². The summed E-state index contributed by atoms with van der Waals surface area (Å²) in [5, 5.41) is 2.68. The van der Waals surface area contributed by atoms with E-state index in [1.165, 1.54) is 12.5 Å². The van der Waals surface area contributed by atoms with Gasteiger partial charge in [0.15, 0.2) is 0 Å². The number of likely N-dealkylation sites (tertiary alicyclic amines) is 1. The monoisotopic (exact) mass is 413 g/mol. The van der Waals surface area contributed by atoms with Crippen LogP contribution in [0.15, 0.2) is 53.4 Å². The van der Waals surface area contributed by atoms with Crippen molar-refractivity contribution in [1.29, 1.82) is 0 Å². The maximum Gasteiger partial charge on any atom is 0.243 e. The summed E-state index contributed by atoms with van der Waals surface area (Å²) in [4.78, 5) is 13.8. The average molecular weight is 414 g/mol. The molecule has 1 saturated heterocycles. The van der Waals surface area contributed by atoms with E-state index in [1.807, 2.05) is 12.1 Å². The fourth-order valence-electron chi connectivity index (χ4n) is 4.63. The fourth-order valence-corrected chi connectivity index (χ4v) is 6.26. The first kappa shape index (κ1) is 20.1. The van der Waals surface area contributed by atoms with Crippen molar-refractivity contribution >= 4 is 21.6 Å². The predicted molar refractivity (Wildman–Crippen MR) is 113 cm³/mol. The molecular weight excluding hydrogens is 386 g/mol. The SMILES string of the molecule is CC(=O)Nc1ccc(S(=O)(=O)N2CCc3ccccc3C2C2CCCN2C)cc1. The molecule has 7 heteroatoms. The van der Waals surface area contributed by atoms with E-state index in [9.17, 15) is 13.2 Å². The molecule has 1 fully saturated rings. The van der Waals surface area contributed by atoms with Gasteiger partial charge in [-0.05, 0) is 68.2 Å². The third-order valence-corrected chi connectivity index (χ3v) is 7.90. The Morgan fingerprint density at radius 1 is 1.07 bits per heavy atom. The standard InChI is InChI=1S/C22H27N3O3S/c1-16(26)23-18-9-11-19(12-10-18)29(27,28)25-15-13-17-6-3-4-7-20(17)22(25)21-8-5-14-24(21)2/h3-4,6-7,9-12,21-22H,5,8,13-15H2,1-2H3,(H,23,26). The largest absolute Gasteiger partial charge is 0.326 e. The van der Waals surface area contributed by atoms with Crippen LogP contribution in [0.2, 0.25) is 0 Å². The van der Waals surface area contributed by atoms with Crippen molar-refractivity contribution in [2.75, 3.05) is 25.5 Å². The van der Waals surface area contributed by atoms with Gasteiger partial charge < -0.3 is 10.2 Å². The molecule has 0 bridgehead atoms. The number of nitrogens with one attached hydrogen (secondary N) is 1. The number of hydrogen-bond acceptors (Lipinski definition) is 4. The number of rotatable bonds is 4. The molecule has 2 aliphatic heterocycles. The Labute approximate surface area is 172 Å².